The van der Waals surface area contributed by atoms with Crippen molar-refractivity contribution in [2.45, 2.75) is 26.7 Å². The third kappa shape index (κ3) is 3.86. The van der Waals surface area contributed by atoms with E-state index in [1.165, 1.54) is 0 Å². The highest BCUT2D eigenvalue weighted by Gasteiger charge is 2.18. The fraction of sp³-hybridized carbons (Fsp3) is 0.357. The van der Waals surface area contributed by atoms with Crippen LogP contribution in [0.5, 0.6) is 0 Å². The van der Waals surface area contributed by atoms with Crippen LogP contribution in [0.4, 0.5) is 0 Å². The molecule has 1 aromatic carbocycles. The number of carbonyl (C=O) groups excluding carboxylic acids is 1. The Labute approximate surface area is 112 Å². The molecule has 0 aromatic heterocycles. The Morgan fingerprint density at radius 1 is 1.35 bits per heavy atom. The zero-order chi connectivity index (χ0) is 13.0. The molecule has 0 bridgehead atoms. The Bertz CT molecular complexity index is 438. The van der Waals surface area contributed by atoms with Crippen LogP contribution in [0.15, 0.2) is 30.4 Å². The van der Waals surface area contributed by atoms with Crippen LogP contribution in [0.2, 0.25) is 10.0 Å². The van der Waals surface area contributed by atoms with Gasteiger partial charge in [-0.25, -0.2) is 0 Å². The van der Waals surface area contributed by atoms with Crippen LogP contribution in [0.25, 0.3) is 0 Å². The second-order valence-electron chi connectivity index (χ2n) is 4.26. The molecule has 17 heavy (non-hydrogen) atoms. The summed E-state index contributed by atoms with van der Waals surface area (Å²) in [6, 6.07) is 5.01. The molecule has 0 saturated heterocycles. The van der Waals surface area contributed by atoms with Crippen molar-refractivity contribution in [3.8, 4) is 0 Å². The molecule has 0 aliphatic carbocycles. The Kier molecular flexibility index (Phi) is 5.23. The summed E-state index contributed by atoms with van der Waals surface area (Å²) in [6.07, 6.45) is 1.52. The van der Waals surface area contributed by atoms with Gasteiger partial charge in [0.1, 0.15) is 0 Å². The minimum atomic E-state index is -0.0234. The molecule has 0 saturated carbocycles. The van der Waals surface area contributed by atoms with E-state index in [2.05, 4.69) is 6.58 Å². The number of carbonyl (C=O) groups is 1. The number of ketones is 1. The second kappa shape index (κ2) is 6.23. The summed E-state index contributed by atoms with van der Waals surface area (Å²) in [4.78, 5) is 12.2. The molecule has 0 spiro atoms. The maximum Gasteiger partial charge on any atom is 0.166 e. The smallest absolute Gasteiger partial charge is 0.166 e. The van der Waals surface area contributed by atoms with Crippen LogP contribution in [-0.4, -0.2) is 5.78 Å². The Morgan fingerprint density at radius 3 is 2.47 bits per heavy atom. The van der Waals surface area contributed by atoms with Gasteiger partial charge in [-0.3, -0.25) is 4.79 Å². The van der Waals surface area contributed by atoms with Crippen molar-refractivity contribution in [2.24, 2.45) is 5.92 Å². The van der Waals surface area contributed by atoms with E-state index in [1.807, 2.05) is 13.8 Å². The molecular weight excluding hydrogens is 255 g/mol. The summed E-state index contributed by atoms with van der Waals surface area (Å²) < 4.78 is 0. The molecule has 1 rings (SSSR count). The number of Topliss-reactive ketones (excluding diaryl/α,β-unsaturated/α-hetero) is 1. The third-order valence-corrected chi connectivity index (χ3v) is 3.40. The van der Waals surface area contributed by atoms with Crippen molar-refractivity contribution in [1.29, 1.82) is 0 Å². The van der Waals surface area contributed by atoms with Gasteiger partial charge in [-0.1, -0.05) is 35.7 Å². The number of allylic oxidation sites excluding steroid dienone is 1. The first kappa shape index (κ1) is 14.3. The fourth-order valence-corrected chi connectivity index (χ4v) is 2.03. The van der Waals surface area contributed by atoms with E-state index in [9.17, 15) is 4.79 Å². The summed E-state index contributed by atoms with van der Waals surface area (Å²) in [7, 11) is 0. The molecule has 0 heterocycles. The average molecular weight is 271 g/mol. The number of rotatable bonds is 5. The Hall–Kier alpha value is -0.790. The molecule has 1 unspecified atom stereocenters. The van der Waals surface area contributed by atoms with Gasteiger partial charge in [0.15, 0.2) is 5.78 Å². The molecular formula is C14H16Cl2O. The highest BCUT2D eigenvalue weighted by Crippen LogP contribution is 2.26. The predicted octanol–water partition coefficient (Wildman–Crippen LogP) is 5.17. The molecule has 0 N–H and O–H groups in total. The van der Waals surface area contributed by atoms with Gasteiger partial charge in [-0.05, 0) is 38.0 Å². The van der Waals surface area contributed by atoms with E-state index in [0.717, 1.165) is 18.4 Å². The van der Waals surface area contributed by atoms with Crippen molar-refractivity contribution >= 4 is 29.0 Å². The van der Waals surface area contributed by atoms with Gasteiger partial charge >= 0.3 is 0 Å². The maximum atomic E-state index is 12.2. The lowest BCUT2D eigenvalue weighted by Crippen LogP contribution is -2.14. The summed E-state index contributed by atoms with van der Waals surface area (Å²) >= 11 is 11.7. The normalized spacial score (nSPS) is 12.2. The molecule has 1 nitrogen and oxygen atoms in total. The summed E-state index contributed by atoms with van der Waals surface area (Å²) in [5, 5.41) is 0.888. The van der Waals surface area contributed by atoms with E-state index in [1.54, 1.807) is 18.2 Å². The topological polar surface area (TPSA) is 17.1 Å². The van der Waals surface area contributed by atoms with Crippen molar-refractivity contribution in [2.75, 3.05) is 0 Å². The van der Waals surface area contributed by atoms with Crippen molar-refractivity contribution < 1.29 is 4.79 Å². The Morgan fingerprint density at radius 2 is 2.00 bits per heavy atom. The van der Waals surface area contributed by atoms with Crippen LogP contribution in [0.1, 0.15) is 37.0 Å². The molecule has 0 amide bonds. The highest BCUT2D eigenvalue weighted by molar-refractivity contribution is 6.42. The molecule has 0 fully saturated rings. The largest absolute Gasteiger partial charge is 0.294 e. The number of benzene rings is 1. The SMILES string of the molecule is C=C(C)CC(CC)C(=O)c1ccc(Cl)c(Cl)c1. The molecule has 0 aliphatic rings. The first-order chi connectivity index (χ1) is 7.95. The lowest BCUT2D eigenvalue weighted by Gasteiger charge is -2.14. The summed E-state index contributed by atoms with van der Waals surface area (Å²) in [5.41, 5.74) is 1.64. The van der Waals surface area contributed by atoms with Crippen LogP contribution in [0.3, 0.4) is 0 Å². The quantitative estimate of drug-likeness (QED) is 0.533. The summed E-state index contributed by atoms with van der Waals surface area (Å²) in [5.74, 6) is 0.0822. The van der Waals surface area contributed by atoms with E-state index in [0.29, 0.717) is 15.6 Å². The monoisotopic (exact) mass is 270 g/mol. The van der Waals surface area contributed by atoms with Gasteiger partial charge in [0, 0.05) is 11.5 Å². The molecule has 92 valence electrons. The van der Waals surface area contributed by atoms with E-state index in [4.69, 9.17) is 23.2 Å². The second-order valence-corrected chi connectivity index (χ2v) is 5.07. The molecule has 1 aromatic rings. The standard InChI is InChI=1S/C14H16Cl2O/c1-4-10(7-9(2)3)14(17)11-5-6-12(15)13(16)8-11/h5-6,8,10H,2,4,7H2,1,3H3. The average Bonchev–Trinajstić information content (AvgIpc) is 2.28. The predicted molar refractivity (Wildman–Crippen MR) is 74.0 cm³/mol. The van der Waals surface area contributed by atoms with Crippen LogP contribution < -0.4 is 0 Å². The maximum absolute atomic E-state index is 12.2. The lowest BCUT2D eigenvalue weighted by atomic mass is 9.90. The number of halogens is 2. The first-order valence-corrected chi connectivity index (χ1v) is 6.35. The third-order valence-electron chi connectivity index (χ3n) is 2.66. The van der Waals surface area contributed by atoms with Gasteiger partial charge in [-0.15, -0.1) is 6.58 Å². The molecule has 0 radical (unpaired) electrons. The van der Waals surface area contributed by atoms with Crippen LogP contribution in [-0.2, 0) is 0 Å². The van der Waals surface area contributed by atoms with E-state index >= 15 is 0 Å². The van der Waals surface area contributed by atoms with Crippen LogP contribution >= 0.6 is 23.2 Å². The lowest BCUT2D eigenvalue weighted by molar-refractivity contribution is 0.0916. The minimum Gasteiger partial charge on any atom is -0.294 e. The molecule has 0 aliphatic heterocycles. The van der Waals surface area contributed by atoms with Crippen molar-refractivity contribution in [1.82, 2.24) is 0 Å². The molecule has 1 atom stereocenters. The van der Waals surface area contributed by atoms with Gasteiger partial charge in [0.05, 0.1) is 10.0 Å². The van der Waals surface area contributed by atoms with E-state index in [-0.39, 0.29) is 11.7 Å². The number of hydrogen-bond donors (Lipinski definition) is 0. The first-order valence-electron chi connectivity index (χ1n) is 5.59. The molecule has 3 heteroatoms. The summed E-state index contributed by atoms with van der Waals surface area (Å²) in [6.45, 7) is 7.79. The van der Waals surface area contributed by atoms with Crippen molar-refractivity contribution in [3.63, 3.8) is 0 Å². The fourth-order valence-electron chi connectivity index (χ4n) is 1.73. The van der Waals surface area contributed by atoms with Crippen LogP contribution in [0, 0.1) is 5.92 Å². The minimum absolute atomic E-state index is 0.0234. The Balaban J connectivity index is 2.93. The van der Waals surface area contributed by atoms with Gasteiger partial charge in [0.2, 0.25) is 0 Å². The zero-order valence-electron chi connectivity index (χ0n) is 10.1. The van der Waals surface area contributed by atoms with Gasteiger partial charge < -0.3 is 0 Å². The number of hydrogen-bond acceptors (Lipinski definition) is 1. The van der Waals surface area contributed by atoms with Crippen molar-refractivity contribution in [3.05, 3.63) is 46.0 Å². The van der Waals surface area contributed by atoms with Gasteiger partial charge in [0.25, 0.3) is 0 Å². The van der Waals surface area contributed by atoms with Gasteiger partial charge in [-0.2, -0.15) is 0 Å². The zero-order valence-corrected chi connectivity index (χ0v) is 11.6. The van der Waals surface area contributed by atoms with E-state index < -0.39 is 0 Å². The highest BCUT2D eigenvalue weighted by atomic mass is 35.5.